The van der Waals surface area contributed by atoms with E-state index < -0.39 is 20.0 Å². The SMILES string of the molecule is CCCCCCC/C=C\C/C=C\C/C=C\CCCCCCCCCCCCCCCCCCCCCCC(=O)NC(COP(=O)(O)OCC[N+](C)(C)C)C(O)/C=C/CCCCCCCCCCCCCCCCCCCCCCCCCCC. The van der Waals surface area contributed by atoms with Crippen LogP contribution in [-0.4, -0.2) is 73.4 Å². The monoisotopic (exact) mass is 1200 g/mol. The van der Waals surface area contributed by atoms with Crippen molar-refractivity contribution in [1.29, 1.82) is 0 Å². The standard InChI is InChI=1S/C75H145N2O6P/c1-6-8-10-12-14-16-18-20-22-24-26-28-30-32-34-35-36-37-38-39-40-41-43-45-47-49-51-53-55-57-59-61-63-65-67-69-75(79)76-73(72-83-84(80,81)82-71-70-77(3,4)5)74(78)68-66-64-62-60-58-56-54-52-50-48-46-44-42-33-31-29-27-25-23-21-19-17-15-13-11-9-7-2/h18,20,24,26,30,32,66,68,73-74,78H,6-17,19,21-23,25,27-29,31,33-65,67,69-72H2,1-5H3,(H-,76,79,80,81)/p+1/b20-18-,26-24-,32-30-,68-66+. The van der Waals surface area contributed by atoms with Crippen LogP contribution in [0.2, 0.25) is 0 Å². The highest BCUT2D eigenvalue weighted by Gasteiger charge is 2.28. The predicted octanol–water partition coefficient (Wildman–Crippen LogP) is 23.8. The van der Waals surface area contributed by atoms with E-state index in [0.29, 0.717) is 17.4 Å². The Hall–Kier alpha value is -1.54. The Labute approximate surface area is 524 Å². The molecule has 0 aliphatic heterocycles. The second-order valence-corrected chi connectivity index (χ2v) is 28.1. The average molecular weight is 1200 g/mol. The van der Waals surface area contributed by atoms with Crippen LogP contribution in [0.5, 0.6) is 0 Å². The van der Waals surface area contributed by atoms with Gasteiger partial charge in [0.25, 0.3) is 0 Å². The number of phosphoric acid groups is 1. The van der Waals surface area contributed by atoms with Crippen LogP contribution in [0, 0.1) is 0 Å². The molecule has 0 aliphatic carbocycles. The summed E-state index contributed by atoms with van der Waals surface area (Å²) in [6, 6.07) is -0.848. The quantitative estimate of drug-likeness (QED) is 0.0243. The van der Waals surface area contributed by atoms with Crippen LogP contribution >= 0.6 is 7.82 Å². The minimum Gasteiger partial charge on any atom is -0.387 e. The maximum absolute atomic E-state index is 13.1. The predicted molar refractivity (Wildman–Crippen MR) is 369 cm³/mol. The molecule has 0 saturated heterocycles. The molecule has 0 saturated carbocycles. The largest absolute Gasteiger partial charge is 0.472 e. The Morgan fingerprint density at radius 3 is 0.988 bits per heavy atom. The van der Waals surface area contributed by atoms with Gasteiger partial charge in [-0.3, -0.25) is 13.8 Å². The highest BCUT2D eigenvalue weighted by molar-refractivity contribution is 7.47. The van der Waals surface area contributed by atoms with Gasteiger partial charge >= 0.3 is 7.82 Å². The maximum atomic E-state index is 13.1. The van der Waals surface area contributed by atoms with Crippen molar-refractivity contribution < 1.29 is 32.9 Å². The Morgan fingerprint density at radius 2 is 0.679 bits per heavy atom. The number of unbranched alkanes of at least 4 members (excludes halogenated alkanes) is 50. The van der Waals surface area contributed by atoms with E-state index in [4.69, 9.17) is 9.05 Å². The Balaban J connectivity index is 4.00. The lowest BCUT2D eigenvalue weighted by atomic mass is 10.0. The lowest BCUT2D eigenvalue weighted by Gasteiger charge is -2.25. The summed E-state index contributed by atoms with van der Waals surface area (Å²) in [4.78, 5) is 23.5. The van der Waals surface area contributed by atoms with Crippen LogP contribution in [-0.2, 0) is 18.4 Å². The first-order valence-corrected chi connectivity index (χ1v) is 38.5. The minimum atomic E-state index is -4.35. The molecule has 0 aliphatic rings. The van der Waals surface area contributed by atoms with Crippen LogP contribution < -0.4 is 5.32 Å². The fourth-order valence-electron chi connectivity index (χ4n) is 11.3. The van der Waals surface area contributed by atoms with Gasteiger partial charge in [0.2, 0.25) is 5.91 Å². The van der Waals surface area contributed by atoms with E-state index in [1.54, 1.807) is 6.08 Å². The molecule has 0 aromatic carbocycles. The number of nitrogens with zero attached hydrogens (tertiary/aromatic N) is 1. The molecule has 84 heavy (non-hydrogen) atoms. The van der Waals surface area contributed by atoms with Crippen molar-refractivity contribution in [3.63, 3.8) is 0 Å². The number of phosphoric ester groups is 1. The van der Waals surface area contributed by atoms with Gasteiger partial charge in [-0.2, -0.15) is 0 Å². The molecule has 9 heteroatoms. The van der Waals surface area contributed by atoms with E-state index in [-0.39, 0.29) is 19.1 Å². The van der Waals surface area contributed by atoms with Gasteiger partial charge in [0.05, 0.1) is 39.9 Å². The molecule has 3 unspecified atom stereocenters. The van der Waals surface area contributed by atoms with E-state index in [9.17, 15) is 19.4 Å². The third-order valence-electron chi connectivity index (χ3n) is 17.0. The molecule has 496 valence electrons. The number of aliphatic hydroxyl groups is 1. The fraction of sp³-hybridized carbons (Fsp3) is 0.880. The van der Waals surface area contributed by atoms with Crippen molar-refractivity contribution in [3.05, 3.63) is 48.6 Å². The molecular weight excluding hydrogens is 1060 g/mol. The second-order valence-electron chi connectivity index (χ2n) is 26.7. The number of hydrogen-bond acceptors (Lipinski definition) is 5. The van der Waals surface area contributed by atoms with Crippen molar-refractivity contribution >= 4 is 13.7 Å². The van der Waals surface area contributed by atoms with Gasteiger partial charge in [-0.15, -0.1) is 0 Å². The lowest BCUT2D eigenvalue weighted by Crippen LogP contribution is -2.45. The Kier molecular flexibility index (Phi) is 64.7. The highest BCUT2D eigenvalue weighted by atomic mass is 31.2. The zero-order chi connectivity index (χ0) is 61.2. The summed E-state index contributed by atoms with van der Waals surface area (Å²) in [6.45, 7) is 4.86. The Bertz CT molecular complexity index is 1510. The number of likely N-dealkylation sites (N-methyl/N-ethyl adjacent to an activating group) is 1. The van der Waals surface area contributed by atoms with Gasteiger partial charge < -0.3 is 19.8 Å². The van der Waals surface area contributed by atoms with Gasteiger partial charge in [0, 0.05) is 6.42 Å². The average Bonchev–Trinajstić information content (AvgIpc) is 3.56. The van der Waals surface area contributed by atoms with Crippen molar-refractivity contribution in [2.75, 3.05) is 40.9 Å². The van der Waals surface area contributed by atoms with Crippen LogP contribution in [0.3, 0.4) is 0 Å². The normalized spacial score (nSPS) is 13.8. The van der Waals surface area contributed by atoms with Crippen LogP contribution in [0.1, 0.15) is 373 Å². The topological polar surface area (TPSA) is 105 Å². The van der Waals surface area contributed by atoms with Gasteiger partial charge in [0.15, 0.2) is 0 Å². The molecule has 1 amide bonds. The van der Waals surface area contributed by atoms with E-state index in [1.807, 2.05) is 27.2 Å². The molecule has 0 radical (unpaired) electrons. The van der Waals surface area contributed by atoms with Crippen LogP contribution in [0.25, 0.3) is 0 Å². The number of carbonyl (C=O) groups excluding carboxylic acids is 1. The molecule has 0 fully saturated rings. The van der Waals surface area contributed by atoms with Gasteiger partial charge in [-0.05, 0) is 57.8 Å². The maximum Gasteiger partial charge on any atom is 0.472 e. The number of carbonyl (C=O) groups is 1. The first-order chi connectivity index (χ1) is 41.0. The third-order valence-corrected chi connectivity index (χ3v) is 18.0. The molecule has 3 atom stereocenters. The molecule has 0 bridgehead atoms. The molecule has 0 rings (SSSR count). The van der Waals surface area contributed by atoms with E-state index >= 15 is 0 Å². The summed E-state index contributed by atoms with van der Waals surface area (Å²) in [7, 11) is 1.59. The number of hydrogen-bond donors (Lipinski definition) is 3. The first-order valence-electron chi connectivity index (χ1n) is 37.0. The molecular formula is C75H146N2O6P+. The summed E-state index contributed by atoms with van der Waals surface area (Å²) in [6.07, 6.45) is 89.9. The summed E-state index contributed by atoms with van der Waals surface area (Å²) >= 11 is 0. The summed E-state index contributed by atoms with van der Waals surface area (Å²) in [5, 5.41) is 14.0. The molecule has 8 nitrogen and oxygen atoms in total. The molecule has 0 spiro atoms. The highest BCUT2D eigenvalue weighted by Crippen LogP contribution is 2.43. The van der Waals surface area contributed by atoms with E-state index in [0.717, 1.165) is 44.9 Å². The summed E-state index contributed by atoms with van der Waals surface area (Å²) in [5.41, 5.74) is 0. The van der Waals surface area contributed by atoms with Crippen molar-refractivity contribution in [1.82, 2.24) is 5.32 Å². The van der Waals surface area contributed by atoms with Crippen molar-refractivity contribution in [3.8, 4) is 0 Å². The Morgan fingerprint density at radius 1 is 0.405 bits per heavy atom. The number of nitrogens with one attached hydrogen (secondary N) is 1. The van der Waals surface area contributed by atoms with Crippen LogP contribution in [0.15, 0.2) is 48.6 Å². The van der Waals surface area contributed by atoms with E-state index in [2.05, 4.69) is 55.6 Å². The van der Waals surface area contributed by atoms with Gasteiger partial charge in [0.1, 0.15) is 13.2 Å². The summed E-state index contributed by atoms with van der Waals surface area (Å²) < 4.78 is 23.9. The number of allylic oxidation sites excluding steroid dienone is 7. The minimum absolute atomic E-state index is 0.0630. The smallest absolute Gasteiger partial charge is 0.387 e. The number of amides is 1. The van der Waals surface area contributed by atoms with Crippen LogP contribution in [0.4, 0.5) is 0 Å². The summed E-state index contributed by atoms with van der Waals surface area (Å²) in [5.74, 6) is -0.170. The van der Waals surface area contributed by atoms with Gasteiger partial charge in [-0.25, -0.2) is 4.57 Å². The first kappa shape index (κ1) is 82.5. The van der Waals surface area contributed by atoms with Gasteiger partial charge in [-0.1, -0.05) is 358 Å². The number of aliphatic hydroxyl groups excluding tert-OH is 1. The third kappa shape index (κ3) is 68.0. The van der Waals surface area contributed by atoms with Crippen molar-refractivity contribution in [2.24, 2.45) is 0 Å². The zero-order valence-electron chi connectivity index (χ0n) is 56.9. The lowest BCUT2D eigenvalue weighted by molar-refractivity contribution is -0.870. The van der Waals surface area contributed by atoms with Crippen molar-refractivity contribution in [2.45, 2.75) is 386 Å². The second kappa shape index (κ2) is 65.9. The molecule has 0 aromatic heterocycles. The fourth-order valence-corrected chi connectivity index (χ4v) is 12.0. The molecule has 3 N–H and O–H groups in total. The molecule has 0 aromatic rings. The zero-order valence-corrected chi connectivity index (χ0v) is 57.8. The molecule has 0 heterocycles. The van der Waals surface area contributed by atoms with E-state index in [1.165, 1.54) is 308 Å². The number of quaternary nitrogens is 1. The number of rotatable bonds is 69.